The van der Waals surface area contributed by atoms with Crippen molar-refractivity contribution in [1.82, 2.24) is 35.2 Å². The lowest BCUT2D eigenvalue weighted by Gasteiger charge is -2.29. The minimum atomic E-state index is -1.09. The monoisotopic (exact) mass is 963 g/mol. The number of benzene rings is 3. The van der Waals surface area contributed by atoms with Crippen LogP contribution in [-0.4, -0.2) is 123 Å². The van der Waals surface area contributed by atoms with Gasteiger partial charge in [-0.25, -0.2) is 14.8 Å². The van der Waals surface area contributed by atoms with Crippen LogP contribution >= 0.6 is 22.7 Å². The average molecular weight is 964 g/mol. The predicted molar refractivity (Wildman–Crippen MR) is 246 cm³/mol. The third-order valence-electron chi connectivity index (χ3n) is 11.5. The van der Waals surface area contributed by atoms with E-state index in [9.17, 15) is 33.9 Å². The van der Waals surface area contributed by atoms with E-state index in [1.54, 1.807) is 29.1 Å². The summed E-state index contributed by atoms with van der Waals surface area (Å²) in [6, 6.07) is 17.0. The maximum Gasteiger partial charge on any atom is 0.355 e. The van der Waals surface area contributed by atoms with Gasteiger partial charge in [-0.2, -0.15) is 0 Å². The molecule has 3 aliphatic heterocycles. The first kappa shape index (κ1) is 46.1. The number of nitrogens with zero attached hydrogens (tertiary/aromatic N) is 7. The van der Waals surface area contributed by atoms with Gasteiger partial charge in [0.1, 0.15) is 24.1 Å². The van der Waals surface area contributed by atoms with Gasteiger partial charge in [-0.1, -0.05) is 46.9 Å². The summed E-state index contributed by atoms with van der Waals surface area (Å²) < 4.78 is 25.3. The molecule has 0 saturated carbocycles. The molecule has 352 valence electrons. The number of carbonyl (C=O) groups excluding carboxylic acids is 5. The molecule has 6 aromatic rings. The number of thiazole rings is 2. The van der Waals surface area contributed by atoms with Gasteiger partial charge in [0, 0.05) is 36.5 Å². The van der Waals surface area contributed by atoms with E-state index in [2.05, 4.69) is 30.9 Å². The molecule has 6 heterocycles. The van der Waals surface area contributed by atoms with E-state index in [4.69, 9.17) is 18.9 Å². The van der Waals surface area contributed by atoms with E-state index in [-0.39, 0.29) is 67.7 Å². The molecule has 1 unspecified atom stereocenters. The van der Waals surface area contributed by atoms with Crippen molar-refractivity contribution in [1.29, 1.82) is 0 Å². The highest BCUT2D eigenvalue weighted by molar-refractivity contribution is 7.22. The molecule has 0 aliphatic carbocycles. The van der Waals surface area contributed by atoms with Crippen molar-refractivity contribution in [2.24, 2.45) is 0 Å². The number of para-hydroxylation sites is 1. The molecule has 9 rings (SSSR count). The second kappa shape index (κ2) is 20.9. The molecule has 3 aliphatic rings. The van der Waals surface area contributed by atoms with E-state index in [0.29, 0.717) is 85.1 Å². The molecule has 0 radical (unpaired) electrons. The summed E-state index contributed by atoms with van der Waals surface area (Å²) in [6.45, 7) is 3.28. The molecule has 5 amide bonds. The van der Waals surface area contributed by atoms with E-state index in [0.717, 1.165) is 26.2 Å². The van der Waals surface area contributed by atoms with Crippen LogP contribution < -0.4 is 20.3 Å². The van der Waals surface area contributed by atoms with E-state index in [1.807, 2.05) is 41.3 Å². The quantitative estimate of drug-likeness (QED) is 0.0663. The summed E-state index contributed by atoms with van der Waals surface area (Å²) in [6.07, 6.45) is 3.65. The Morgan fingerprint density at radius 3 is 2.47 bits per heavy atom. The van der Waals surface area contributed by atoms with Gasteiger partial charge in [0.15, 0.2) is 16.0 Å². The Bertz CT molecular complexity index is 2860. The molecule has 1 atom stereocenters. The largest absolute Gasteiger partial charge is 0.490 e. The van der Waals surface area contributed by atoms with Crippen LogP contribution in [0.4, 0.5) is 10.3 Å². The lowest BCUT2D eigenvalue weighted by molar-refractivity contribution is -0.136. The third-order valence-corrected chi connectivity index (χ3v) is 13.6. The fourth-order valence-corrected chi connectivity index (χ4v) is 10.2. The number of ether oxygens (including phenoxy) is 4. The number of aromatic nitrogens is 5. The van der Waals surface area contributed by atoms with Crippen LogP contribution in [0.3, 0.4) is 0 Å². The highest BCUT2D eigenvalue weighted by Gasteiger charge is 2.46. The Morgan fingerprint density at radius 2 is 1.66 bits per heavy atom. The first-order chi connectivity index (χ1) is 33.1. The van der Waals surface area contributed by atoms with Gasteiger partial charge in [0.25, 0.3) is 17.7 Å². The zero-order valence-corrected chi connectivity index (χ0v) is 38.1. The van der Waals surface area contributed by atoms with Gasteiger partial charge in [0.05, 0.1) is 67.2 Å². The Kier molecular flexibility index (Phi) is 14.2. The zero-order chi connectivity index (χ0) is 47.1. The number of fused-ring (bicyclic) bond motifs is 3. The number of anilines is 2. The summed E-state index contributed by atoms with van der Waals surface area (Å²) in [5.74, 6) is -3.50. The number of aromatic carboxylic acids is 1. The summed E-state index contributed by atoms with van der Waals surface area (Å²) in [5, 5.41) is 24.7. The van der Waals surface area contributed by atoms with Crippen molar-refractivity contribution in [3.63, 3.8) is 0 Å². The fraction of sp³-hybridized carbons (Fsp3) is 0.348. The number of rotatable bonds is 21. The summed E-state index contributed by atoms with van der Waals surface area (Å²) >= 11 is 2.77. The highest BCUT2D eigenvalue weighted by Crippen LogP contribution is 2.35. The predicted octanol–water partition coefficient (Wildman–Crippen LogP) is 4.52. The van der Waals surface area contributed by atoms with Gasteiger partial charge < -0.3 is 29.0 Å². The second-order valence-corrected chi connectivity index (χ2v) is 18.0. The van der Waals surface area contributed by atoms with Crippen molar-refractivity contribution in [3.8, 4) is 5.75 Å². The van der Waals surface area contributed by atoms with Crippen LogP contribution in [0.15, 0.2) is 66.9 Å². The van der Waals surface area contributed by atoms with Gasteiger partial charge in [0.2, 0.25) is 11.8 Å². The normalized spacial score (nSPS) is 15.7. The van der Waals surface area contributed by atoms with E-state index < -0.39 is 35.6 Å². The second-order valence-electron chi connectivity index (χ2n) is 16.0. The van der Waals surface area contributed by atoms with Crippen molar-refractivity contribution in [3.05, 3.63) is 111 Å². The SMILES string of the molecule is O=C1CCC(N2C(=O)c3cccc(OCCOCCOCCOCc4cn(CCCc5sc(N6CCc7cccc(C(=O)Nc8nc9ccccc9s8)c7C6)nc5C(=O)O)nn4)c3C2=O)C(=O)N1. The standard InChI is InChI=1S/C46H45N9O11S2/c56-37-14-13-33(41(58)48-37)55-42(59)30-8-4-10-34(38(30)43(55)60)66-23-22-64-19-18-63-20-21-65-26-28-24-54(52-51-28)16-5-12-36-39(44(61)62)49-46(68-36)53-17-15-27-6-3-7-29(31(27)25-53)40(57)50-45-47-32-9-1-2-11-35(32)67-45/h1-4,6-11,24,33H,5,12-23,25-26H2,(H,61,62)(H,47,50,57)(H,48,56,58). The number of carboxylic acid groups (broad SMARTS) is 1. The molecular formula is C46H45N9O11S2. The number of carbonyl (C=O) groups is 6. The molecule has 3 aromatic carbocycles. The molecule has 1 saturated heterocycles. The van der Waals surface area contributed by atoms with Crippen LogP contribution in [0, 0.1) is 0 Å². The fourth-order valence-electron chi connectivity index (χ4n) is 8.21. The Labute approximate surface area is 396 Å². The van der Waals surface area contributed by atoms with Gasteiger partial charge >= 0.3 is 5.97 Å². The van der Waals surface area contributed by atoms with Crippen LogP contribution in [-0.2, 0) is 56.3 Å². The molecule has 0 bridgehead atoms. The lowest BCUT2D eigenvalue weighted by Crippen LogP contribution is -2.54. The lowest BCUT2D eigenvalue weighted by atomic mass is 9.94. The summed E-state index contributed by atoms with van der Waals surface area (Å²) in [5.41, 5.74) is 4.21. The van der Waals surface area contributed by atoms with Crippen molar-refractivity contribution in [2.75, 3.05) is 56.4 Å². The van der Waals surface area contributed by atoms with Crippen LogP contribution in [0.2, 0.25) is 0 Å². The Hall–Kier alpha value is -6.98. The summed E-state index contributed by atoms with van der Waals surface area (Å²) in [4.78, 5) is 88.7. The first-order valence-electron chi connectivity index (χ1n) is 22.0. The average Bonchev–Trinajstić information content (AvgIpc) is 4.13. The van der Waals surface area contributed by atoms with Gasteiger partial charge in [-0.3, -0.25) is 44.2 Å². The smallest absolute Gasteiger partial charge is 0.355 e. The minimum absolute atomic E-state index is 0.0279. The number of aryl methyl sites for hydroxylation is 2. The van der Waals surface area contributed by atoms with Crippen LogP contribution in [0.5, 0.6) is 5.75 Å². The number of nitrogens with one attached hydrogen (secondary N) is 2. The molecule has 68 heavy (non-hydrogen) atoms. The maximum atomic E-state index is 13.5. The molecule has 3 aromatic heterocycles. The number of hydrogen-bond donors (Lipinski definition) is 3. The summed E-state index contributed by atoms with van der Waals surface area (Å²) in [7, 11) is 0. The van der Waals surface area contributed by atoms with Crippen molar-refractivity contribution in [2.45, 2.75) is 57.8 Å². The highest BCUT2D eigenvalue weighted by atomic mass is 32.1. The Morgan fingerprint density at radius 1 is 0.868 bits per heavy atom. The van der Waals surface area contributed by atoms with E-state index >= 15 is 0 Å². The molecule has 3 N–H and O–H groups in total. The Balaban J connectivity index is 0.664. The number of piperidine rings is 1. The topological polar surface area (TPSA) is 247 Å². The maximum absolute atomic E-state index is 13.5. The van der Waals surface area contributed by atoms with Gasteiger partial charge in [-0.05, 0) is 67.1 Å². The molecule has 22 heteroatoms. The zero-order valence-electron chi connectivity index (χ0n) is 36.5. The molecular weight excluding hydrogens is 919 g/mol. The number of imide groups is 2. The molecule has 0 spiro atoms. The van der Waals surface area contributed by atoms with Crippen molar-refractivity contribution >= 4 is 78.7 Å². The first-order valence-corrected chi connectivity index (χ1v) is 23.6. The van der Waals surface area contributed by atoms with Crippen LogP contribution in [0.1, 0.15) is 82.5 Å². The molecule has 1 fully saturated rings. The number of carboxylic acids is 1. The number of hydrogen-bond acceptors (Lipinski definition) is 17. The molecule has 20 nitrogen and oxygen atoms in total. The minimum Gasteiger partial charge on any atom is -0.490 e. The van der Waals surface area contributed by atoms with Crippen LogP contribution in [0.25, 0.3) is 10.2 Å². The van der Waals surface area contributed by atoms with Crippen molar-refractivity contribution < 1.29 is 52.8 Å². The number of amides is 5. The van der Waals surface area contributed by atoms with Gasteiger partial charge in [-0.15, -0.1) is 16.4 Å². The van der Waals surface area contributed by atoms with E-state index in [1.165, 1.54) is 28.7 Å². The third kappa shape index (κ3) is 10.3.